The molecule has 106 valence electrons. The van der Waals surface area contributed by atoms with Gasteiger partial charge in [-0.05, 0) is 30.8 Å². The van der Waals surface area contributed by atoms with Gasteiger partial charge in [-0.25, -0.2) is 0 Å². The summed E-state index contributed by atoms with van der Waals surface area (Å²) in [6.07, 6.45) is 1.69. The lowest BCUT2D eigenvalue weighted by Crippen LogP contribution is -2.25. The van der Waals surface area contributed by atoms with E-state index in [1.165, 1.54) is 5.56 Å². The molecule has 1 aromatic heterocycles. The second-order valence-corrected chi connectivity index (χ2v) is 5.25. The van der Waals surface area contributed by atoms with E-state index in [4.69, 9.17) is 4.42 Å². The van der Waals surface area contributed by atoms with E-state index in [1.54, 1.807) is 6.26 Å². The van der Waals surface area contributed by atoms with Gasteiger partial charge in [0, 0.05) is 17.5 Å². The van der Waals surface area contributed by atoms with Crippen LogP contribution < -0.4 is 0 Å². The van der Waals surface area contributed by atoms with Gasteiger partial charge in [0.1, 0.15) is 5.58 Å². The highest BCUT2D eigenvalue weighted by atomic mass is 16.3. The van der Waals surface area contributed by atoms with E-state index in [0.29, 0.717) is 6.54 Å². The van der Waals surface area contributed by atoms with Crippen LogP contribution in [0.5, 0.6) is 0 Å². The van der Waals surface area contributed by atoms with Crippen molar-refractivity contribution in [2.75, 3.05) is 13.6 Å². The fourth-order valence-electron chi connectivity index (χ4n) is 2.44. The molecule has 0 saturated heterocycles. The third-order valence-electron chi connectivity index (χ3n) is 3.48. The number of rotatable bonds is 5. The van der Waals surface area contributed by atoms with Gasteiger partial charge < -0.3 is 4.42 Å². The maximum atomic E-state index is 12.2. The van der Waals surface area contributed by atoms with Gasteiger partial charge in [-0.2, -0.15) is 0 Å². The summed E-state index contributed by atoms with van der Waals surface area (Å²) in [6, 6.07) is 17.5. The molecular formula is C18H17NO2. The fourth-order valence-corrected chi connectivity index (χ4v) is 2.44. The van der Waals surface area contributed by atoms with Gasteiger partial charge in [-0.1, -0.05) is 36.4 Å². The largest absolute Gasteiger partial charge is 0.464 e. The highest BCUT2D eigenvalue weighted by molar-refractivity contribution is 5.97. The van der Waals surface area contributed by atoms with Crippen LogP contribution in [0.3, 0.4) is 0 Å². The Labute approximate surface area is 123 Å². The van der Waals surface area contributed by atoms with Crippen molar-refractivity contribution in [3.8, 4) is 0 Å². The highest BCUT2D eigenvalue weighted by Crippen LogP contribution is 2.17. The van der Waals surface area contributed by atoms with Gasteiger partial charge in [-0.15, -0.1) is 0 Å². The minimum absolute atomic E-state index is 0.141. The Morgan fingerprint density at radius 1 is 1.10 bits per heavy atom. The number of hydrogen-bond acceptors (Lipinski definition) is 3. The molecular weight excluding hydrogens is 262 g/mol. The molecule has 0 unspecified atom stereocenters. The standard InChI is InChI=1S/C18H17NO2/c1-19(13-17(20)15-5-3-2-4-6-15)12-14-7-8-18-16(11-14)9-10-21-18/h2-11H,12-13H2,1H3. The van der Waals surface area contributed by atoms with Crippen LogP contribution in [-0.4, -0.2) is 24.3 Å². The Kier molecular flexibility index (Phi) is 3.84. The van der Waals surface area contributed by atoms with Crippen LogP contribution in [0.15, 0.2) is 65.3 Å². The van der Waals surface area contributed by atoms with E-state index in [1.807, 2.05) is 60.5 Å². The van der Waals surface area contributed by atoms with Crippen LogP contribution >= 0.6 is 0 Å². The summed E-state index contributed by atoms with van der Waals surface area (Å²) in [5.74, 6) is 0.141. The first kappa shape index (κ1) is 13.6. The molecule has 3 nitrogen and oxygen atoms in total. The molecule has 1 heterocycles. The van der Waals surface area contributed by atoms with Crippen LogP contribution in [0.4, 0.5) is 0 Å². The first-order valence-corrected chi connectivity index (χ1v) is 6.95. The number of carbonyl (C=O) groups is 1. The summed E-state index contributed by atoms with van der Waals surface area (Å²) in [6.45, 7) is 1.15. The Bertz CT molecular complexity index is 746. The molecule has 3 rings (SSSR count). The van der Waals surface area contributed by atoms with E-state index in [2.05, 4.69) is 6.07 Å². The number of ketones is 1. The number of likely N-dealkylation sites (N-methyl/N-ethyl adjacent to an activating group) is 1. The summed E-state index contributed by atoms with van der Waals surface area (Å²) in [4.78, 5) is 14.2. The maximum Gasteiger partial charge on any atom is 0.176 e. The fraction of sp³-hybridized carbons (Fsp3) is 0.167. The van der Waals surface area contributed by atoms with Crippen molar-refractivity contribution >= 4 is 16.8 Å². The topological polar surface area (TPSA) is 33.5 Å². The normalized spacial score (nSPS) is 11.1. The van der Waals surface area contributed by atoms with Gasteiger partial charge in [0.2, 0.25) is 0 Å². The number of fused-ring (bicyclic) bond motifs is 1. The first-order chi connectivity index (χ1) is 10.2. The van der Waals surface area contributed by atoms with Gasteiger partial charge in [0.05, 0.1) is 12.8 Å². The van der Waals surface area contributed by atoms with Gasteiger partial charge in [-0.3, -0.25) is 9.69 Å². The molecule has 0 aliphatic carbocycles. The van der Waals surface area contributed by atoms with Crippen molar-refractivity contribution in [3.63, 3.8) is 0 Å². The summed E-state index contributed by atoms with van der Waals surface area (Å²) < 4.78 is 5.33. The molecule has 2 aromatic carbocycles. The lowest BCUT2D eigenvalue weighted by molar-refractivity contribution is 0.0943. The first-order valence-electron chi connectivity index (χ1n) is 6.95. The molecule has 0 bridgehead atoms. The van der Waals surface area contributed by atoms with Crippen molar-refractivity contribution in [3.05, 3.63) is 72.0 Å². The second-order valence-electron chi connectivity index (χ2n) is 5.25. The molecule has 3 aromatic rings. The molecule has 0 spiro atoms. The second kappa shape index (κ2) is 5.94. The quantitative estimate of drug-likeness (QED) is 0.667. The van der Waals surface area contributed by atoms with Crippen molar-refractivity contribution in [2.45, 2.75) is 6.54 Å². The summed E-state index contributed by atoms with van der Waals surface area (Å²) in [7, 11) is 1.96. The number of carbonyl (C=O) groups excluding carboxylic acids is 1. The molecule has 0 atom stereocenters. The van der Waals surface area contributed by atoms with Crippen LogP contribution in [-0.2, 0) is 6.54 Å². The molecule has 0 amide bonds. The van der Waals surface area contributed by atoms with Crippen molar-refractivity contribution in [1.29, 1.82) is 0 Å². The number of nitrogens with zero attached hydrogens (tertiary/aromatic N) is 1. The Morgan fingerprint density at radius 3 is 2.71 bits per heavy atom. The van der Waals surface area contributed by atoms with Crippen LogP contribution in [0.1, 0.15) is 15.9 Å². The monoisotopic (exact) mass is 279 g/mol. The Morgan fingerprint density at radius 2 is 1.90 bits per heavy atom. The third-order valence-corrected chi connectivity index (χ3v) is 3.48. The molecule has 0 radical (unpaired) electrons. The maximum absolute atomic E-state index is 12.2. The predicted molar refractivity (Wildman–Crippen MR) is 83.3 cm³/mol. The lowest BCUT2D eigenvalue weighted by atomic mass is 10.1. The number of benzene rings is 2. The number of furan rings is 1. The SMILES string of the molecule is CN(CC(=O)c1ccccc1)Cc1ccc2occc2c1. The van der Waals surface area contributed by atoms with Gasteiger partial charge in [0.25, 0.3) is 0 Å². The zero-order valence-electron chi connectivity index (χ0n) is 12.0. The molecule has 3 heteroatoms. The van der Waals surface area contributed by atoms with Gasteiger partial charge in [0.15, 0.2) is 5.78 Å². The van der Waals surface area contributed by atoms with Gasteiger partial charge >= 0.3 is 0 Å². The van der Waals surface area contributed by atoms with E-state index >= 15 is 0 Å². The average Bonchev–Trinajstić information content (AvgIpc) is 2.95. The van der Waals surface area contributed by atoms with E-state index < -0.39 is 0 Å². The van der Waals surface area contributed by atoms with Crippen molar-refractivity contribution in [2.24, 2.45) is 0 Å². The minimum atomic E-state index is 0.141. The molecule has 0 aliphatic heterocycles. The van der Waals surface area contributed by atoms with E-state index in [9.17, 15) is 4.79 Å². The Hall–Kier alpha value is -2.39. The van der Waals surface area contributed by atoms with Crippen LogP contribution in [0.25, 0.3) is 11.0 Å². The zero-order chi connectivity index (χ0) is 14.7. The smallest absolute Gasteiger partial charge is 0.176 e. The van der Waals surface area contributed by atoms with Crippen LogP contribution in [0.2, 0.25) is 0 Å². The summed E-state index contributed by atoms with van der Waals surface area (Å²) >= 11 is 0. The van der Waals surface area contributed by atoms with Crippen molar-refractivity contribution < 1.29 is 9.21 Å². The summed E-state index contributed by atoms with van der Waals surface area (Å²) in [5.41, 5.74) is 2.82. The Balaban J connectivity index is 1.65. The average molecular weight is 279 g/mol. The predicted octanol–water partition coefficient (Wildman–Crippen LogP) is 3.75. The third kappa shape index (κ3) is 3.20. The molecule has 0 fully saturated rings. The summed E-state index contributed by atoms with van der Waals surface area (Å²) in [5, 5.41) is 1.09. The van der Waals surface area contributed by atoms with E-state index in [-0.39, 0.29) is 5.78 Å². The number of hydrogen-bond donors (Lipinski definition) is 0. The van der Waals surface area contributed by atoms with E-state index in [0.717, 1.165) is 23.1 Å². The molecule has 21 heavy (non-hydrogen) atoms. The molecule has 0 saturated carbocycles. The zero-order valence-corrected chi connectivity index (χ0v) is 12.0. The van der Waals surface area contributed by atoms with Crippen molar-refractivity contribution in [1.82, 2.24) is 4.90 Å². The molecule has 0 N–H and O–H groups in total. The lowest BCUT2D eigenvalue weighted by Gasteiger charge is -2.16. The molecule has 0 aliphatic rings. The van der Waals surface area contributed by atoms with Crippen LogP contribution in [0, 0.1) is 0 Å². The number of Topliss-reactive ketones (excluding diaryl/α,β-unsaturated/α-hetero) is 1. The minimum Gasteiger partial charge on any atom is -0.464 e. The highest BCUT2D eigenvalue weighted by Gasteiger charge is 2.09.